The first-order valence-electron chi connectivity index (χ1n) is 6.12. The van der Waals surface area contributed by atoms with Gasteiger partial charge in [-0.05, 0) is 37.1 Å². The van der Waals surface area contributed by atoms with Gasteiger partial charge in [0.25, 0.3) is 0 Å². The van der Waals surface area contributed by atoms with Crippen LogP contribution in [0.3, 0.4) is 0 Å². The van der Waals surface area contributed by atoms with Gasteiger partial charge in [0.2, 0.25) is 0 Å². The number of nitrogens with zero attached hydrogens (tertiary/aromatic N) is 1. The second-order valence-corrected chi connectivity index (χ2v) is 4.90. The smallest absolute Gasteiger partial charge is 0.393 e. The van der Waals surface area contributed by atoms with Crippen LogP contribution in [-0.2, 0) is 6.54 Å². The minimum Gasteiger partial charge on any atom is -0.505 e. The van der Waals surface area contributed by atoms with Crippen molar-refractivity contribution < 1.29 is 22.7 Å². The predicted molar refractivity (Wildman–Crippen MR) is 62.1 cm³/mol. The number of piperidine rings is 1. The highest BCUT2D eigenvalue weighted by molar-refractivity contribution is 5.27. The lowest BCUT2D eigenvalue weighted by atomic mass is 9.97. The van der Waals surface area contributed by atoms with Crippen LogP contribution in [0.2, 0.25) is 0 Å². The molecular formula is C13H15F4NO. The summed E-state index contributed by atoms with van der Waals surface area (Å²) in [5.41, 5.74) is 0.568. The molecule has 1 heterocycles. The summed E-state index contributed by atoms with van der Waals surface area (Å²) >= 11 is 0. The van der Waals surface area contributed by atoms with E-state index in [0.717, 1.165) is 6.07 Å². The zero-order chi connectivity index (χ0) is 14.0. The molecule has 6 heteroatoms. The molecule has 1 atom stereocenters. The number of hydrogen-bond donors (Lipinski definition) is 1. The first kappa shape index (κ1) is 14.1. The van der Waals surface area contributed by atoms with Gasteiger partial charge < -0.3 is 5.11 Å². The maximum absolute atomic E-state index is 13.2. The normalized spacial score (nSPS) is 21.6. The molecule has 0 spiro atoms. The molecule has 1 saturated heterocycles. The molecule has 1 N–H and O–H groups in total. The van der Waals surface area contributed by atoms with Crippen LogP contribution in [-0.4, -0.2) is 29.3 Å². The van der Waals surface area contributed by atoms with E-state index in [1.54, 1.807) is 4.90 Å². The predicted octanol–water partition coefficient (Wildman–Crippen LogP) is 3.31. The van der Waals surface area contributed by atoms with Crippen LogP contribution in [0, 0.1) is 11.7 Å². The number of phenols is 1. The average Bonchev–Trinajstić information content (AvgIpc) is 2.33. The maximum atomic E-state index is 13.2. The second kappa shape index (κ2) is 5.36. The molecule has 1 aromatic rings. The fourth-order valence-electron chi connectivity index (χ4n) is 2.37. The van der Waals surface area contributed by atoms with Crippen LogP contribution in [0.25, 0.3) is 0 Å². The van der Waals surface area contributed by atoms with Crippen molar-refractivity contribution in [2.75, 3.05) is 13.1 Å². The summed E-state index contributed by atoms with van der Waals surface area (Å²) in [6, 6.07) is 3.90. The van der Waals surface area contributed by atoms with E-state index in [1.807, 2.05) is 0 Å². The standard InChI is InChI=1S/C13H15F4NO/c14-11-6-9(3-4-12(11)19)7-18-5-1-2-10(8-18)13(15,16)17/h3-4,6,10,19H,1-2,5,7-8H2. The fourth-order valence-corrected chi connectivity index (χ4v) is 2.37. The van der Waals surface area contributed by atoms with Gasteiger partial charge in [-0.15, -0.1) is 0 Å². The third-order valence-corrected chi connectivity index (χ3v) is 3.39. The van der Waals surface area contributed by atoms with E-state index in [4.69, 9.17) is 5.11 Å². The first-order valence-corrected chi connectivity index (χ1v) is 6.12. The van der Waals surface area contributed by atoms with Crippen molar-refractivity contribution in [3.8, 4) is 5.75 Å². The molecule has 1 aliphatic rings. The Morgan fingerprint density at radius 1 is 1.32 bits per heavy atom. The molecule has 0 aromatic heterocycles. The van der Waals surface area contributed by atoms with Gasteiger partial charge >= 0.3 is 6.18 Å². The van der Waals surface area contributed by atoms with E-state index in [2.05, 4.69) is 0 Å². The molecule has 1 fully saturated rings. The van der Waals surface area contributed by atoms with Crippen molar-refractivity contribution in [3.05, 3.63) is 29.6 Å². The summed E-state index contributed by atoms with van der Waals surface area (Å²) in [6.07, 6.45) is -3.52. The fraction of sp³-hybridized carbons (Fsp3) is 0.538. The monoisotopic (exact) mass is 277 g/mol. The highest BCUT2D eigenvalue weighted by Gasteiger charge is 2.41. The van der Waals surface area contributed by atoms with Crippen molar-refractivity contribution in [3.63, 3.8) is 0 Å². The van der Waals surface area contributed by atoms with E-state index in [9.17, 15) is 17.6 Å². The molecule has 1 unspecified atom stereocenters. The maximum Gasteiger partial charge on any atom is 0.393 e. The van der Waals surface area contributed by atoms with Crippen molar-refractivity contribution in [2.24, 2.45) is 5.92 Å². The van der Waals surface area contributed by atoms with Gasteiger partial charge in [0.15, 0.2) is 11.6 Å². The second-order valence-electron chi connectivity index (χ2n) is 4.90. The van der Waals surface area contributed by atoms with Crippen LogP contribution in [0.15, 0.2) is 18.2 Å². The number of alkyl halides is 3. The Labute approximate surface area is 108 Å². The molecule has 1 aromatic carbocycles. The molecule has 106 valence electrons. The Morgan fingerprint density at radius 2 is 2.05 bits per heavy atom. The Kier molecular flexibility index (Phi) is 3.99. The Balaban J connectivity index is 2.00. The van der Waals surface area contributed by atoms with E-state index in [1.165, 1.54) is 12.1 Å². The van der Waals surface area contributed by atoms with E-state index >= 15 is 0 Å². The number of phenolic OH excluding ortho intramolecular Hbond substituents is 1. The number of aromatic hydroxyl groups is 1. The van der Waals surface area contributed by atoms with Crippen LogP contribution in [0.5, 0.6) is 5.75 Å². The van der Waals surface area contributed by atoms with Gasteiger partial charge in [-0.1, -0.05) is 6.07 Å². The van der Waals surface area contributed by atoms with Crippen molar-refractivity contribution in [1.82, 2.24) is 4.90 Å². The molecule has 2 nitrogen and oxygen atoms in total. The summed E-state index contributed by atoms with van der Waals surface area (Å²) < 4.78 is 51.1. The molecule has 0 bridgehead atoms. The molecular weight excluding hydrogens is 262 g/mol. The molecule has 19 heavy (non-hydrogen) atoms. The highest BCUT2D eigenvalue weighted by Crippen LogP contribution is 2.33. The zero-order valence-electron chi connectivity index (χ0n) is 10.3. The van der Waals surface area contributed by atoms with Crippen LogP contribution >= 0.6 is 0 Å². The summed E-state index contributed by atoms with van der Waals surface area (Å²) in [4.78, 5) is 1.67. The first-order chi connectivity index (χ1) is 8.86. The van der Waals surface area contributed by atoms with Gasteiger partial charge in [-0.2, -0.15) is 13.2 Å². The Hall–Kier alpha value is -1.30. The average molecular weight is 277 g/mol. The minimum absolute atomic E-state index is 0.0496. The van der Waals surface area contributed by atoms with Gasteiger partial charge in [0.05, 0.1) is 5.92 Å². The third-order valence-electron chi connectivity index (χ3n) is 3.39. The number of halogens is 4. The molecule has 1 aliphatic heterocycles. The molecule has 2 rings (SSSR count). The van der Waals surface area contributed by atoms with Crippen LogP contribution in [0.1, 0.15) is 18.4 Å². The van der Waals surface area contributed by atoms with Crippen molar-refractivity contribution in [1.29, 1.82) is 0 Å². The lowest BCUT2D eigenvalue weighted by Gasteiger charge is -2.33. The number of hydrogen-bond acceptors (Lipinski definition) is 2. The van der Waals surface area contributed by atoms with Crippen molar-refractivity contribution in [2.45, 2.75) is 25.6 Å². The Morgan fingerprint density at radius 3 is 2.68 bits per heavy atom. The van der Waals surface area contributed by atoms with Crippen LogP contribution < -0.4 is 0 Å². The third kappa shape index (κ3) is 3.59. The summed E-state index contributed by atoms with van der Waals surface area (Å²) in [5.74, 6) is -2.50. The summed E-state index contributed by atoms with van der Waals surface area (Å²) in [6.45, 7) is 0.796. The largest absolute Gasteiger partial charge is 0.505 e. The number of benzene rings is 1. The topological polar surface area (TPSA) is 23.5 Å². The summed E-state index contributed by atoms with van der Waals surface area (Å²) in [5, 5.41) is 9.06. The molecule has 0 aliphatic carbocycles. The number of likely N-dealkylation sites (tertiary alicyclic amines) is 1. The van der Waals surface area contributed by atoms with Crippen molar-refractivity contribution >= 4 is 0 Å². The quantitative estimate of drug-likeness (QED) is 0.838. The molecule has 0 saturated carbocycles. The van der Waals surface area contributed by atoms with Gasteiger partial charge in [-0.3, -0.25) is 4.90 Å². The highest BCUT2D eigenvalue weighted by atomic mass is 19.4. The van der Waals surface area contributed by atoms with Gasteiger partial charge in [-0.25, -0.2) is 4.39 Å². The van der Waals surface area contributed by atoms with Gasteiger partial charge in [0, 0.05) is 13.1 Å². The molecule has 0 radical (unpaired) electrons. The SMILES string of the molecule is Oc1ccc(CN2CCCC(C(F)(F)F)C2)cc1F. The van der Waals surface area contributed by atoms with Crippen LogP contribution in [0.4, 0.5) is 17.6 Å². The Bertz CT molecular complexity index is 447. The van der Waals surface area contributed by atoms with E-state index in [0.29, 0.717) is 18.5 Å². The number of rotatable bonds is 2. The minimum atomic E-state index is -4.17. The van der Waals surface area contributed by atoms with E-state index < -0.39 is 23.7 Å². The molecule has 0 amide bonds. The summed E-state index contributed by atoms with van der Waals surface area (Å²) in [7, 11) is 0. The zero-order valence-corrected chi connectivity index (χ0v) is 10.3. The van der Waals surface area contributed by atoms with Gasteiger partial charge in [0.1, 0.15) is 0 Å². The lowest BCUT2D eigenvalue weighted by molar-refractivity contribution is -0.187. The van der Waals surface area contributed by atoms with E-state index in [-0.39, 0.29) is 19.5 Å². The lowest BCUT2D eigenvalue weighted by Crippen LogP contribution is -2.41.